The zero-order valence-electron chi connectivity index (χ0n) is 10.1. The average Bonchev–Trinajstić information content (AvgIpc) is 2.62. The Morgan fingerprint density at radius 1 is 1.40 bits per heavy atom. The smallest absolute Gasteiger partial charge is 0.243 e. The van der Waals surface area contributed by atoms with E-state index in [1.165, 1.54) is 0 Å². The maximum absolute atomic E-state index is 13.7. The molecule has 10 heteroatoms. The second kappa shape index (κ2) is 5.24. The van der Waals surface area contributed by atoms with Gasteiger partial charge in [0.15, 0.2) is 9.84 Å². The molecule has 1 aromatic rings. The number of halogens is 2. The van der Waals surface area contributed by atoms with Gasteiger partial charge in [0, 0.05) is 16.2 Å². The number of nitrogen functional groups attached to an aromatic ring is 1. The highest BCUT2D eigenvalue weighted by molar-refractivity contribution is 9.10. The third kappa shape index (κ3) is 3.30. The molecular weight excluding hydrogens is 375 g/mol. The van der Waals surface area contributed by atoms with Gasteiger partial charge in [0.05, 0.1) is 11.5 Å². The second-order valence-corrected chi connectivity index (χ2v) is 9.29. The van der Waals surface area contributed by atoms with Crippen LogP contribution < -0.4 is 10.5 Å². The molecule has 2 rings (SSSR count). The fourth-order valence-corrected chi connectivity index (χ4v) is 5.38. The zero-order chi connectivity index (χ0) is 15.1. The number of nitrogens with one attached hydrogen (secondary N) is 1. The summed E-state index contributed by atoms with van der Waals surface area (Å²) in [6, 6.07) is 1.20. The summed E-state index contributed by atoms with van der Waals surface area (Å²) in [6.45, 7) is 0. The molecule has 1 atom stereocenters. The van der Waals surface area contributed by atoms with E-state index in [-0.39, 0.29) is 28.1 Å². The van der Waals surface area contributed by atoms with E-state index in [0.29, 0.717) is 0 Å². The third-order valence-corrected chi connectivity index (χ3v) is 6.89. The Morgan fingerprint density at radius 2 is 2.05 bits per heavy atom. The van der Waals surface area contributed by atoms with Crippen molar-refractivity contribution in [2.45, 2.75) is 17.4 Å². The van der Waals surface area contributed by atoms with E-state index in [9.17, 15) is 21.2 Å². The van der Waals surface area contributed by atoms with Crippen LogP contribution in [0.4, 0.5) is 10.1 Å². The summed E-state index contributed by atoms with van der Waals surface area (Å²) in [6.07, 6.45) is 0.176. The van der Waals surface area contributed by atoms with Gasteiger partial charge < -0.3 is 5.73 Å². The third-order valence-electron chi connectivity index (χ3n) is 2.89. The van der Waals surface area contributed by atoms with E-state index in [1.54, 1.807) is 0 Å². The number of sulfonamides is 1. The molecule has 6 nitrogen and oxygen atoms in total. The summed E-state index contributed by atoms with van der Waals surface area (Å²) in [4.78, 5) is -0.595. The lowest BCUT2D eigenvalue weighted by atomic mass is 10.3. The van der Waals surface area contributed by atoms with Gasteiger partial charge in [0.25, 0.3) is 0 Å². The van der Waals surface area contributed by atoms with Crippen molar-refractivity contribution in [3.63, 3.8) is 0 Å². The van der Waals surface area contributed by atoms with Gasteiger partial charge in [-0.15, -0.1) is 0 Å². The molecule has 0 bridgehead atoms. The molecule has 0 aliphatic carbocycles. The van der Waals surface area contributed by atoms with Crippen molar-refractivity contribution >= 4 is 41.5 Å². The first kappa shape index (κ1) is 15.7. The molecular formula is C10H12BrFN2O4S2. The highest BCUT2D eigenvalue weighted by atomic mass is 79.9. The average molecular weight is 387 g/mol. The van der Waals surface area contributed by atoms with E-state index < -0.39 is 36.6 Å². The topological polar surface area (TPSA) is 106 Å². The van der Waals surface area contributed by atoms with Crippen LogP contribution in [0.2, 0.25) is 0 Å². The van der Waals surface area contributed by atoms with E-state index in [2.05, 4.69) is 20.7 Å². The SMILES string of the molecule is Nc1cc(S(=O)(=O)NC2CCS(=O)(=O)C2)c(F)cc1Br. The Morgan fingerprint density at radius 3 is 2.60 bits per heavy atom. The van der Waals surface area contributed by atoms with Gasteiger partial charge >= 0.3 is 0 Å². The minimum atomic E-state index is -4.15. The first-order chi connectivity index (χ1) is 9.11. The van der Waals surface area contributed by atoms with Crippen LogP contribution in [0.3, 0.4) is 0 Å². The van der Waals surface area contributed by atoms with Crippen LogP contribution >= 0.6 is 15.9 Å². The highest BCUT2D eigenvalue weighted by Crippen LogP contribution is 2.26. The Bertz CT molecular complexity index is 749. The molecule has 1 aromatic carbocycles. The molecule has 0 aromatic heterocycles. The van der Waals surface area contributed by atoms with Crippen LogP contribution in [-0.2, 0) is 19.9 Å². The van der Waals surface area contributed by atoms with Crippen molar-refractivity contribution in [1.29, 1.82) is 0 Å². The van der Waals surface area contributed by atoms with E-state index in [4.69, 9.17) is 5.73 Å². The van der Waals surface area contributed by atoms with Crippen LogP contribution in [0.25, 0.3) is 0 Å². The van der Waals surface area contributed by atoms with Gasteiger partial charge in [-0.3, -0.25) is 0 Å². The number of hydrogen-bond donors (Lipinski definition) is 2. The van der Waals surface area contributed by atoms with Crippen LogP contribution in [0, 0.1) is 5.82 Å². The maximum atomic E-state index is 13.7. The fraction of sp³-hybridized carbons (Fsp3) is 0.400. The lowest BCUT2D eigenvalue weighted by Crippen LogP contribution is -2.36. The number of rotatable bonds is 3. The predicted octanol–water partition coefficient (Wildman–Crippen LogP) is 0.636. The summed E-state index contributed by atoms with van der Waals surface area (Å²) in [5.74, 6) is -1.32. The Balaban J connectivity index is 2.30. The molecule has 1 fully saturated rings. The Labute approximate surface area is 124 Å². The van der Waals surface area contributed by atoms with Crippen molar-refractivity contribution in [2.75, 3.05) is 17.2 Å². The van der Waals surface area contributed by atoms with Crippen LogP contribution in [0.15, 0.2) is 21.5 Å². The molecule has 1 unspecified atom stereocenters. The summed E-state index contributed by atoms with van der Waals surface area (Å²) in [5, 5.41) is 0. The van der Waals surface area contributed by atoms with Crippen molar-refractivity contribution in [3.8, 4) is 0 Å². The van der Waals surface area contributed by atoms with E-state index in [0.717, 1.165) is 12.1 Å². The van der Waals surface area contributed by atoms with Gasteiger partial charge in [-0.05, 0) is 34.5 Å². The number of hydrogen-bond acceptors (Lipinski definition) is 5. The van der Waals surface area contributed by atoms with Gasteiger partial charge in [0.1, 0.15) is 10.7 Å². The van der Waals surface area contributed by atoms with Crippen molar-refractivity contribution in [1.82, 2.24) is 4.72 Å². The van der Waals surface area contributed by atoms with Crippen LogP contribution in [0.1, 0.15) is 6.42 Å². The standard InChI is InChI=1S/C10H12BrFN2O4S2/c11-7-3-8(12)10(4-9(7)13)20(17,18)14-6-1-2-19(15,16)5-6/h3-4,6,14H,1-2,5,13H2. The fourth-order valence-electron chi connectivity index (χ4n) is 1.92. The van der Waals surface area contributed by atoms with E-state index >= 15 is 0 Å². The summed E-state index contributed by atoms with van der Waals surface area (Å²) < 4.78 is 62.9. The molecule has 20 heavy (non-hydrogen) atoms. The Hall–Kier alpha value is -0.710. The van der Waals surface area contributed by atoms with Crippen molar-refractivity contribution in [3.05, 3.63) is 22.4 Å². The molecule has 0 saturated carbocycles. The van der Waals surface area contributed by atoms with Gasteiger partial charge in [-0.1, -0.05) is 0 Å². The number of sulfone groups is 1. The minimum absolute atomic E-state index is 0.0748. The normalized spacial score (nSPS) is 22.0. The first-order valence-electron chi connectivity index (χ1n) is 5.58. The van der Waals surface area contributed by atoms with Crippen molar-refractivity contribution in [2.24, 2.45) is 0 Å². The molecule has 112 valence electrons. The van der Waals surface area contributed by atoms with Gasteiger partial charge in [-0.2, -0.15) is 0 Å². The lowest BCUT2D eigenvalue weighted by molar-refractivity contribution is 0.544. The number of anilines is 1. The lowest BCUT2D eigenvalue weighted by Gasteiger charge is -2.13. The number of benzene rings is 1. The zero-order valence-corrected chi connectivity index (χ0v) is 13.4. The highest BCUT2D eigenvalue weighted by Gasteiger charge is 2.32. The van der Waals surface area contributed by atoms with Crippen molar-refractivity contribution < 1.29 is 21.2 Å². The Kier molecular flexibility index (Phi) is 4.11. The van der Waals surface area contributed by atoms with Crippen LogP contribution in [0.5, 0.6) is 0 Å². The van der Waals surface area contributed by atoms with Crippen LogP contribution in [-0.4, -0.2) is 34.4 Å². The molecule has 1 saturated heterocycles. The largest absolute Gasteiger partial charge is 0.398 e. The molecule has 0 spiro atoms. The molecule has 3 N–H and O–H groups in total. The quantitative estimate of drug-likeness (QED) is 0.741. The number of nitrogens with two attached hydrogens (primary N) is 1. The first-order valence-corrected chi connectivity index (χ1v) is 9.68. The molecule has 0 amide bonds. The van der Waals surface area contributed by atoms with E-state index in [1.807, 2.05) is 0 Å². The monoisotopic (exact) mass is 386 g/mol. The minimum Gasteiger partial charge on any atom is -0.398 e. The summed E-state index contributed by atoms with van der Waals surface area (Å²) in [5.41, 5.74) is 5.61. The van der Waals surface area contributed by atoms with Gasteiger partial charge in [0.2, 0.25) is 10.0 Å². The molecule has 1 aliphatic rings. The summed E-state index contributed by atoms with van der Waals surface area (Å²) in [7, 11) is -7.38. The molecule has 0 radical (unpaired) electrons. The second-order valence-electron chi connectivity index (χ2n) is 4.53. The van der Waals surface area contributed by atoms with Gasteiger partial charge in [-0.25, -0.2) is 25.9 Å². The predicted molar refractivity (Wildman–Crippen MR) is 75.9 cm³/mol. The molecule has 1 heterocycles. The molecule has 1 aliphatic heterocycles. The summed E-state index contributed by atoms with van der Waals surface area (Å²) >= 11 is 2.99. The maximum Gasteiger partial charge on any atom is 0.243 e.